The van der Waals surface area contributed by atoms with Gasteiger partial charge in [0.2, 0.25) is 0 Å². The van der Waals surface area contributed by atoms with Crippen LogP contribution < -0.4 is 5.11 Å². The average Bonchev–Trinajstić information content (AvgIpc) is 3.24. The molecule has 0 aliphatic rings. The molecule has 63 heavy (non-hydrogen) atoms. The third-order valence-electron chi connectivity index (χ3n) is 11.7. The van der Waals surface area contributed by atoms with Crippen LogP contribution in [0.2, 0.25) is 0 Å². The van der Waals surface area contributed by atoms with Crippen LogP contribution in [0.1, 0.15) is 232 Å². The van der Waals surface area contributed by atoms with E-state index >= 15 is 0 Å². The monoisotopic (exact) mass is 886 g/mol. The first kappa shape index (κ1) is 60.3. The summed E-state index contributed by atoms with van der Waals surface area (Å²) in [5.74, 6) is -1.74. The number of unbranched alkanes of at least 4 members (excludes halogenated alkanes) is 25. The fraction of sp³-hybridized carbons (Fsp3) is 0.800. The number of carbonyl (C=O) groups is 3. The Balaban J connectivity index is 4.24. The number of quaternary nitrogens is 1. The molecule has 0 aliphatic heterocycles. The van der Waals surface area contributed by atoms with Crippen molar-refractivity contribution in [2.75, 3.05) is 41.0 Å². The van der Waals surface area contributed by atoms with Crippen molar-refractivity contribution in [1.29, 1.82) is 0 Å². The molecule has 0 radical (unpaired) electrons. The van der Waals surface area contributed by atoms with E-state index in [2.05, 4.69) is 62.5 Å². The Hall–Kier alpha value is -2.71. The maximum Gasteiger partial charge on any atom is 0.306 e. The predicted molar refractivity (Wildman–Crippen MR) is 263 cm³/mol. The number of hydrogen-bond donors (Lipinski definition) is 0. The summed E-state index contributed by atoms with van der Waals surface area (Å²) in [6, 6.07) is -0.729. The van der Waals surface area contributed by atoms with Gasteiger partial charge in [-0.25, -0.2) is 0 Å². The molecule has 8 nitrogen and oxygen atoms in total. The first-order valence-electron chi connectivity index (χ1n) is 26.2. The standard InChI is InChI=1S/C55H99NO7/c1-6-8-10-12-14-16-18-20-22-24-26-28-29-31-33-35-37-39-41-43-45-53(57)62-50-51(49-61-48-47-52(55(59)60)56(3,4)5)63-54(58)46-44-42-40-38-36-34-32-30-27-25-23-21-19-17-15-13-11-9-7-2/h9,11,15,17,21,23,27,30,51-52H,6-8,10,12-14,16,18-20,22,24-26,28-29,31-50H2,1-5H3/b11-9+,17-15+,23-21+,30-27+. The second kappa shape index (κ2) is 45.8. The maximum absolute atomic E-state index is 12.8. The molecule has 0 spiro atoms. The van der Waals surface area contributed by atoms with Gasteiger partial charge in [-0.2, -0.15) is 0 Å². The van der Waals surface area contributed by atoms with Crippen LogP contribution in [0.3, 0.4) is 0 Å². The lowest BCUT2D eigenvalue weighted by Gasteiger charge is -2.34. The number of rotatable bonds is 47. The Morgan fingerprint density at radius 1 is 0.492 bits per heavy atom. The number of carboxylic acid groups (broad SMARTS) is 1. The summed E-state index contributed by atoms with van der Waals surface area (Å²) < 4.78 is 17.2. The SMILES string of the molecule is CC/C=C/C/C=C/C/C=C/C/C=C/CCCCCCCCC(=O)OC(COCCC(C(=O)[O-])[N+](C)(C)C)COC(=O)CCCCCCCCCCCCCCCCCCCCCC. The summed E-state index contributed by atoms with van der Waals surface area (Å²) in [6.45, 7) is 4.57. The van der Waals surface area contributed by atoms with Gasteiger partial charge >= 0.3 is 11.9 Å². The molecule has 0 rings (SSSR count). The average molecular weight is 886 g/mol. The molecule has 0 aromatic carbocycles. The molecule has 0 aliphatic carbocycles. The molecule has 0 fully saturated rings. The lowest BCUT2D eigenvalue weighted by atomic mass is 10.0. The molecular formula is C55H99NO7. The van der Waals surface area contributed by atoms with Crippen LogP contribution in [0.5, 0.6) is 0 Å². The highest BCUT2D eigenvalue weighted by Crippen LogP contribution is 2.16. The topological polar surface area (TPSA) is 102 Å². The number of carbonyl (C=O) groups excluding carboxylic acids is 3. The van der Waals surface area contributed by atoms with Crippen LogP contribution in [-0.4, -0.2) is 75.5 Å². The van der Waals surface area contributed by atoms with Gasteiger partial charge in [0.25, 0.3) is 0 Å². The highest BCUT2D eigenvalue weighted by Gasteiger charge is 2.25. The van der Waals surface area contributed by atoms with Gasteiger partial charge in [-0.05, 0) is 51.4 Å². The van der Waals surface area contributed by atoms with Gasteiger partial charge in [0.05, 0.1) is 40.3 Å². The molecule has 0 saturated heterocycles. The van der Waals surface area contributed by atoms with Gasteiger partial charge in [0.1, 0.15) is 12.6 Å². The number of ether oxygens (including phenoxy) is 3. The van der Waals surface area contributed by atoms with E-state index < -0.39 is 18.1 Å². The smallest absolute Gasteiger partial charge is 0.306 e. The number of aliphatic carboxylic acids is 1. The van der Waals surface area contributed by atoms with E-state index in [0.29, 0.717) is 12.8 Å². The van der Waals surface area contributed by atoms with Crippen LogP contribution in [0.4, 0.5) is 0 Å². The summed E-state index contributed by atoms with van der Waals surface area (Å²) in [5.41, 5.74) is 0. The lowest BCUT2D eigenvalue weighted by Crippen LogP contribution is -2.55. The molecular weight excluding hydrogens is 787 g/mol. The molecule has 8 heteroatoms. The highest BCUT2D eigenvalue weighted by atomic mass is 16.6. The minimum Gasteiger partial charge on any atom is -0.544 e. The Morgan fingerprint density at radius 3 is 1.32 bits per heavy atom. The zero-order valence-corrected chi connectivity index (χ0v) is 41.7. The fourth-order valence-electron chi connectivity index (χ4n) is 7.71. The molecule has 2 atom stereocenters. The number of hydrogen-bond acceptors (Lipinski definition) is 7. The van der Waals surface area contributed by atoms with Crippen LogP contribution in [0.15, 0.2) is 48.6 Å². The third-order valence-corrected chi connectivity index (χ3v) is 11.7. The Kier molecular flexibility index (Phi) is 43.9. The molecule has 0 aromatic rings. The molecule has 366 valence electrons. The molecule has 0 heterocycles. The van der Waals surface area contributed by atoms with Crippen molar-refractivity contribution in [3.8, 4) is 0 Å². The summed E-state index contributed by atoms with van der Waals surface area (Å²) in [5, 5.41) is 11.7. The lowest BCUT2D eigenvalue weighted by molar-refractivity contribution is -0.889. The minimum atomic E-state index is -1.13. The van der Waals surface area contributed by atoms with E-state index in [0.717, 1.165) is 77.0 Å². The maximum atomic E-state index is 12.8. The zero-order chi connectivity index (χ0) is 46.3. The summed E-state index contributed by atoms with van der Waals surface area (Å²) in [4.78, 5) is 37.1. The van der Waals surface area contributed by atoms with Crippen LogP contribution in [-0.2, 0) is 28.6 Å². The number of likely N-dealkylation sites (N-methyl/N-ethyl adjacent to an activating group) is 1. The zero-order valence-electron chi connectivity index (χ0n) is 41.7. The fourth-order valence-corrected chi connectivity index (χ4v) is 7.71. The van der Waals surface area contributed by atoms with E-state index in [4.69, 9.17) is 14.2 Å². The Labute approximate surface area is 388 Å². The number of esters is 2. The molecule has 0 aromatic heterocycles. The molecule has 0 bridgehead atoms. The molecule has 2 unspecified atom stereocenters. The largest absolute Gasteiger partial charge is 0.544 e. The van der Waals surface area contributed by atoms with Crippen molar-refractivity contribution in [3.63, 3.8) is 0 Å². The predicted octanol–water partition coefficient (Wildman–Crippen LogP) is 13.8. The Bertz CT molecular complexity index is 1170. The second-order valence-electron chi connectivity index (χ2n) is 18.7. The van der Waals surface area contributed by atoms with E-state index in [-0.39, 0.29) is 42.7 Å². The van der Waals surface area contributed by atoms with Crippen LogP contribution >= 0.6 is 0 Å². The molecule has 0 saturated carbocycles. The van der Waals surface area contributed by atoms with Gasteiger partial charge in [-0.1, -0.05) is 210 Å². The van der Waals surface area contributed by atoms with Crippen molar-refractivity contribution in [2.24, 2.45) is 0 Å². The van der Waals surface area contributed by atoms with E-state index in [1.165, 1.54) is 122 Å². The Morgan fingerprint density at radius 2 is 0.889 bits per heavy atom. The van der Waals surface area contributed by atoms with Gasteiger partial charge < -0.3 is 28.6 Å². The van der Waals surface area contributed by atoms with E-state index in [1.807, 2.05) is 0 Å². The van der Waals surface area contributed by atoms with Gasteiger partial charge in [-0.3, -0.25) is 9.59 Å². The van der Waals surface area contributed by atoms with E-state index in [9.17, 15) is 19.5 Å². The van der Waals surface area contributed by atoms with Gasteiger partial charge in [0, 0.05) is 19.3 Å². The number of nitrogens with zero attached hydrogens (tertiary/aromatic N) is 1. The summed E-state index contributed by atoms with van der Waals surface area (Å²) in [7, 11) is 5.41. The molecule has 0 N–H and O–H groups in total. The summed E-state index contributed by atoms with van der Waals surface area (Å²) in [6.07, 6.45) is 55.7. The normalized spacial score (nSPS) is 13.2. The minimum absolute atomic E-state index is 0.0362. The number of allylic oxidation sites excluding steroid dienone is 8. The first-order valence-corrected chi connectivity index (χ1v) is 26.2. The van der Waals surface area contributed by atoms with Crippen molar-refractivity contribution in [1.82, 2.24) is 0 Å². The number of carboxylic acids is 1. The first-order chi connectivity index (χ1) is 30.6. The van der Waals surface area contributed by atoms with Crippen molar-refractivity contribution < 1.29 is 38.2 Å². The van der Waals surface area contributed by atoms with Gasteiger partial charge in [0.15, 0.2) is 6.10 Å². The van der Waals surface area contributed by atoms with Crippen LogP contribution in [0.25, 0.3) is 0 Å². The third kappa shape index (κ3) is 44.3. The summed E-state index contributed by atoms with van der Waals surface area (Å²) >= 11 is 0. The van der Waals surface area contributed by atoms with Crippen molar-refractivity contribution in [3.05, 3.63) is 48.6 Å². The highest BCUT2D eigenvalue weighted by molar-refractivity contribution is 5.70. The van der Waals surface area contributed by atoms with Crippen molar-refractivity contribution >= 4 is 17.9 Å². The quantitative estimate of drug-likeness (QED) is 0.0259. The second-order valence-corrected chi connectivity index (χ2v) is 18.7. The van der Waals surface area contributed by atoms with Crippen molar-refractivity contribution in [2.45, 2.75) is 244 Å². The van der Waals surface area contributed by atoms with Crippen LogP contribution in [0, 0.1) is 0 Å². The molecule has 0 amide bonds. The van der Waals surface area contributed by atoms with E-state index in [1.54, 1.807) is 21.1 Å². The van der Waals surface area contributed by atoms with Gasteiger partial charge in [-0.15, -0.1) is 0 Å².